The van der Waals surface area contributed by atoms with E-state index in [9.17, 15) is 5.11 Å². The maximum absolute atomic E-state index is 10.5. The molecule has 1 fully saturated rings. The maximum Gasteiger partial charge on any atom is 0.127 e. The van der Waals surface area contributed by atoms with Gasteiger partial charge in [-0.15, -0.1) is 0 Å². The smallest absolute Gasteiger partial charge is 0.127 e. The third-order valence-electron chi connectivity index (χ3n) is 5.76. The highest BCUT2D eigenvalue weighted by atomic mass is 16.5. The van der Waals surface area contributed by atoms with Crippen molar-refractivity contribution in [3.8, 4) is 11.5 Å². The SMILES string of the molecule is CCn1ccnc1CN(C)Cc1ccc(OC)cc1OC[C@@H](O)CN1CCN(C)CC1. The molecule has 1 saturated heterocycles. The van der Waals surface area contributed by atoms with Gasteiger partial charge in [-0.3, -0.25) is 9.80 Å². The van der Waals surface area contributed by atoms with Crippen LogP contribution in [0.5, 0.6) is 11.5 Å². The van der Waals surface area contributed by atoms with Gasteiger partial charge < -0.3 is 24.0 Å². The normalized spacial score (nSPS) is 16.6. The minimum atomic E-state index is -0.530. The van der Waals surface area contributed by atoms with Crippen LogP contribution in [-0.2, 0) is 19.6 Å². The van der Waals surface area contributed by atoms with Crippen LogP contribution in [-0.4, -0.2) is 96.0 Å². The van der Waals surface area contributed by atoms with Crippen molar-refractivity contribution in [3.05, 3.63) is 42.0 Å². The number of ether oxygens (including phenoxy) is 2. The van der Waals surface area contributed by atoms with Crippen LogP contribution < -0.4 is 9.47 Å². The van der Waals surface area contributed by atoms with Gasteiger partial charge in [0.25, 0.3) is 0 Å². The van der Waals surface area contributed by atoms with Gasteiger partial charge in [-0.25, -0.2) is 4.98 Å². The molecule has 2 aromatic rings. The number of rotatable bonds is 11. The molecule has 1 aliphatic rings. The average molecular weight is 432 g/mol. The van der Waals surface area contributed by atoms with Gasteiger partial charge in [0.15, 0.2) is 0 Å². The quantitative estimate of drug-likeness (QED) is 0.579. The summed E-state index contributed by atoms with van der Waals surface area (Å²) < 4.78 is 13.6. The molecule has 0 radical (unpaired) electrons. The van der Waals surface area contributed by atoms with Crippen molar-refractivity contribution >= 4 is 0 Å². The van der Waals surface area contributed by atoms with Gasteiger partial charge >= 0.3 is 0 Å². The van der Waals surface area contributed by atoms with E-state index in [0.29, 0.717) is 13.1 Å². The molecule has 31 heavy (non-hydrogen) atoms. The Morgan fingerprint density at radius 1 is 1.19 bits per heavy atom. The van der Waals surface area contributed by atoms with Crippen molar-refractivity contribution in [3.63, 3.8) is 0 Å². The third-order valence-corrected chi connectivity index (χ3v) is 5.76. The van der Waals surface area contributed by atoms with Crippen LogP contribution in [0.3, 0.4) is 0 Å². The molecule has 0 saturated carbocycles. The zero-order chi connectivity index (χ0) is 22.2. The zero-order valence-corrected chi connectivity index (χ0v) is 19.3. The molecule has 0 amide bonds. The highest BCUT2D eigenvalue weighted by Gasteiger charge is 2.18. The van der Waals surface area contributed by atoms with Crippen LogP contribution >= 0.6 is 0 Å². The van der Waals surface area contributed by atoms with E-state index in [0.717, 1.165) is 62.2 Å². The van der Waals surface area contributed by atoms with Gasteiger partial charge in [0.2, 0.25) is 0 Å². The third kappa shape index (κ3) is 6.93. The Morgan fingerprint density at radius 3 is 2.68 bits per heavy atom. The van der Waals surface area contributed by atoms with Crippen LogP contribution in [0, 0.1) is 0 Å². The number of piperazine rings is 1. The predicted octanol–water partition coefficient (Wildman–Crippen LogP) is 1.53. The first-order valence-electron chi connectivity index (χ1n) is 11.1. The zero-order valence-electron chi connectivity index (χ0n) is 19.3. The summed E-state index contributed by atoms with van der Waals surface area (Å²) in [4.78, 5) is 11.3. The van der Waals surface area contributed by atoms with Crippen LogP contribution in [0.1, 0.15) is 18.3 Å². The average Bonchev–Trinajstić information content (AvgIpc) is 3.21. The van der Waals surface area contributed by atoms with Crippen molar-refractivity contribution < 1.29 is 14.6 Å². The van der Waals surface area contributed by atoms with E-state index in [2.05, 4.69) is 45.3 Å². The molecule has 1 aromatic carbocycles. The van der Waals surface area contributed by atoms with Crippen LogP contribution in [0.15, 0.2) is 30.6 Å². The second-order valence-corrected chi connectivity index (χ2v) is 8.34. The lowest BCUT2D eigenvalue weighted by molar-refractivity contribution is 0.0500. The molecule has 0 aliphatic carbocycles. The van der Waals surface area contributed by atoms with Gasteiger partial charge in [0.05, 0.1) is 13.7 Å². The molecular formula is C23H37N5O3. The second-order valence-electron chi connectivity index (χ2n) is 8.34. The number of hydrogen-bond donors (Lipinski definition) is 1. The van der Waals surface area contributed by atoms with E-state index < -0.39 is 6.10 Å². The summed E-state index contributed by atoms with van der Waals surface area (Å²) in [6.07, 6.45) is 3.32. The topological polar surface area (TPSA) is 66.2 Å². The van der Waals surface area contributed by atoms with Gasteiger partial charge in [0.1, 0.15) is 30.0 Å². The molecule has 0 spiro atoms. The number of benzene rings is 1. The Hall–Kier alpha value is -2.13. The minimum Gasteiger partial charge on any atom is -0.497 e. The first kappa shape index (κ1) is 23.5. The minimum absolute atomic E-state index is 0.260. The molecule has 2 heterocycles. The largest absolute Gasteiger partial charge is 0.497 e. The molecule has 1 atom stereocenters. The van der Waals surface area contributed by atoms with Crippen LogP contribution in [0.25, 0.3) is 0 Å². The van der Waals surface area contributed by atoms with E-state index in [-0.39, 0.29) is 6.61 Å². The number of methoxy groups -OCH3 is 1. The molecule has 0 bridgehead atoms. The highest BCUT2D eigenvalue weighted by Crippen LogP contribution is 2.26. The molecule has 1 aliphatic heterocycles. The predicted molar refractivity (Wildman–Crippen MR) is 122 cm³/mol. The Labute approximate surface area is 186 Å². The number of aliphatic hydroxyl groups excluding tert-OH is 1. The highest BCUT2D eigenvalue weighted by molar-refractivity contribution is 5.40. The van der Waals surface area contributed by atoms with Gasteiger partial charge in [-0.2, -0.15) is 0 Å². The fourth-order valence-electron chi connectivity index (χ4n) is 3.86. The van der Waals surface area contributed by atoms with Crippen molar-refractivity contribution in [2.45, 2.75) is 32.7 Å². The first-order valence-corrected chi connectivity index (χ1v) is 11.1. The molecule has 172 valence electrons. The monoisotopic (exact) mass is 431 g/mol. The van der Waals surface area contributed by atoms with Gasteiger partial charge in [0, 0.05) is 69.8 Å². The standard InChI is InChI=1S/C23H37N5O3/c1-5-28-9-8-24-23(28)17-26(3)15-19-6-7-21(30-4)14-22(19)31-18-20(29)16-27-12-10-25(2)11-13-27/h6-9,14,20,29H,5,10-13,15-18H2,1-4H3/t20-/m0/s1. The second kappa shape index (κ2) is 11.5. The number of imidazole rings is 1. The maximum atomic E-state index is 10.5. The Balaban J connectivity index is 1.58. The summed E-state index contributed by atoms with van der Waals surface area (Å²) in [5.41, 5.74) is 1.06. The van der Waals surface area contributed by atoms with Gasteiger partial charge in [-0.1, -0.05) is 6.07 Å². The van der Waals surface area contributed by atoms with Crippen molar-refractivity contribution in [2.75, 3.05) is 60.5 Å². The van der Waals surface area contributed by atoms with Crippen molar-refractivity contribution in [1.29, 1.82) is 0 Å². The van der Waals surface area contributed by atoms with E-state index in [1.54, 1.807) is 7.11 Å². The Bertz CT molecular complexity index is 804. The molecule has 8 nitrogen and oxygen atoms in total. The number of aromatic nitrogens is 2. The van der Waals surface area contributed by atoms with Crippen molar-refractivity contribution in [2.24, 2.45) is 0 Å². The molecule has 0 unspecified atom stereocenters. The van der Waals surface area contributed by atoms with Crippen LogP contribution in [0.2, 0.25) is 0 Å². The number of nitrogens with zero attached hydrogens (tertiary/aromatic N) is 5. The van der Waals surface area contributed by atoms with Crippen LogP contribution in [0.4, 0.5) is 0 Å². The first-order chi connectivity index (χ1) is 15.0. The van der Waals surface area contributed by atoms with E-state index >= 15 is 0 Å². The molecule has 1 aromatic heterocycles. The lowest BCUT2D eigenvalue weighted by Crippen LogP contribution is -2.47. The lowest BCUT2D eigenvalue weighted by atomic mass is 10.1. The van der Waals surface area contributed by atoms with E-state index in [1.165, 1.54) is 0 Å². The number of likely N-dealkylation sites (N-methyl/N-ethyl adjacent to an activating group) is 1. The summed E-state index contributed by atoms with van der Waals surface area (Å²) in [6.45, 7) is 9.42. The number of aliphatic hydroxyl groups is 1. The fourth-order valence-corrected chi connectivity index (χ4v) is 3.86. The molecular weight excluding hydrogens is 394 g/mol. The summed E-state index contributed by atoms with van der Waals surface area (Å²) >= 11 is 0. The Morgan fingerprint density at radius 2 is 1.97 bits per heavy atom. The number of aryl methyl sites for hydroxylation is 1. The molecule has 3 rings (SSSR count). The number of hydrogen-bond acceptors (Lipinski definition) is 7. The van der Waals surface area contributed by atoms with E-state index in [1.807, 2.05) is 30.6 Å². The summed E-state index contributed by atoms with van der Waals surface area (Å²) in [5.74, 6) is 2.54. The molecule has 8 heteroatoms. The Kier molecular flexibility index (Phi) is 8.71. The van der Waals surface area contributed by atoms with Crippen molar-refractivity contribution in [1.82, 2.24) is 24.3 Å². The number of β-amino-alcohol motifs (C(OH)–C–C–N with tert-alkyl or cyclic N) is 1. The summed E-state index contributed by atoms with van der Waals surface area (Å²) in [5, 5.41) is 10.5. The van der Waals surface area contributed by atoms with E-state index in [4.69, 9.17) is 9.47 Å². The summed E-state index contributed by atoms with van der Waals surface area (Å²) in [7, 11) is 5.86. The summed E-state index contributed by atoms with van der Waals surface area (Å²) in [6, 6.07) is 5.88. The fraction of sp³-hybridized carbons (Fsp3) is 0.609. The molecule has 1 N–H and O–H groups in total. The van der Waals surface area contributed by atoms with Gasteiger partial charge in [-0.05, 0) is 27.1 Å². The lowest BCUT2D eigenvalue weighted by Gasteiger charge is -2.33.